The number of para-hydroxylation sites is 1. The molecule has 1 aliphatic heterocycles. The highest BCUT2D eigenvalue weighted by Crippen LogP contribution is 2.25. The predicted molar refractivity (Wildman–Crippen MR) is 84.4 cm³/mol. The number of thioether (sulfide) groups is 2. The zero-order valence-corrected chi connectivity index (χ0v) is 13.3. The van der Waals surface area contributed by atoms with Crippen molar-refractivity contribution in [3.05, 3.63) is 29.8 Å². The van der Waals surface area contributed by atoms with Crippen molar-refractivity contribution in [1.29, 1.82) is 0 Å². The van der Waals surface area contributed by atoms with E-state index in [9.17, 15) is 4.79 Å². The molecule has 1 N–H and O–H groups in total. The summed E-state index contributed by atoms with van der Waals surface area (Å²) < 4.78 is 10.7. The van der Waals surface area contributed by atoms with Gasteiger partial charge in [0, 0.05) is 0 Å². The number of ether oxygens (including phenoxy) is 1. The molecule has 21 heavy (non-hydrogen) atoms. The van der Waals surface area contributed by atoms with Crippen molar-refractivity contribution in [3.63, 3.8) is 0 Å². The van der Waals surface area contributed by atoms with E-state index in [1.54, 1.807) is 18.2 Å². The minimum absolute atomic E-state index is 0.272. The predicted octanol–water partition coefficient (Wildman–Crippen LogP) is 2.49. The molecular formula is C12H10N4O2S3. The minimum Gasteiger partial charge on any atom is -0.440 e. The van der Waals surface area contributed by atoms with Gasteiger partial charge in [0.25, 0.3) is 5.91 Å². The third-order valence-electron chi connectivity index (χ3n) is 2.53. The molecule has 0 fully saturated rings. The molecule has 0 unspecified atom stereocenters. The number of rotatable bonds is 4. The van der Waals surface area contributed by atoms with Crippen LogP contribution in [-0.2, 0) is 0 Å². The summed E-state index contributed by atoms with van der Waals surface area (Å²) in [4.78, 5) is 16.2. The summed E-state index contributed by atoms with van der Waals surface area (Å²) in [5.74, 6) is 1.14. The Hall–Kier alpha value is -1.58. The molecule has 0 radical (unpaired) electrons. The lowest BCUT2D eigenvalue weighted by Crippen LogP contribution is -2.18. The number of benzene rings is 1. The number of amides is 1. The Morgan fingerprint density at radius 2 is 2.24 bits per heavy atom. The van der Waals surface area contributed by atoms with Gasteiger partial charge < -0.3 is 4.74 Å². The normalized spacial score (nSPS) is 13.8. The van der Waals surface area contributed by atoms with Crippen LogP contribution in [0.3, 0.4) is 0 Å². The molecule has 1 amide bonds. The van der Waals surface area contributed by atoms with E-state index in [4.69, 9.17) is 4.74 Å². The van der Waals surface area contributed by atoms with E-state index in [-0.39, 0.29) is 5.91 Å². The van der Waals surface area contributed by atoms with E-state index in [2.05, 4.69) is 19.9 Å². The first kappa shape index (κ1) is 14.4. The number of aromatic nitrogens is 2. The Labute approximate surface area is 133 Å². The van der Waals surface area contributed by atoms with Crippen LogP contribution < -0.4 is 10.2 Å². The largest absolute Gasteiger partial charge is 0.440 e. The van der Waals surface area contributed by atoms with Gasteiger partial charge in [0.1, 0.15) is 5.75 Å². The maximum Gasteiger partial charge on any atom is 0.275 e. The Morgan fingerprint density at radius 1 is 1.38 bits per heavy atom. The van der Waals surface area contributed by atoms with Crippen molar-refractivity contribution in [2.24, 2.45) is 5.10 Å². The standard InChI is InChI=1S/C12H10N4O2S3/c1-19-11-13-12(21-16-11)20-6-9-14-15-10(17)7-4-2-3-5-8(7)18-9/h2-5H,6H2,1H3,(H,15,17). The third-order valence-corrected chi connectivity index (χ3v) is 5.01. The van der Waals surface area contributed by atoms with Gasteiger partial charge in [-0.15, -0.1) is 5.10 Å². The summed E-state index contributed by atoms with van der Waals surface area (Å²) in [6.45, 7) is 0. The number of nitrogens with one attached hydrogen (secondary N) is 1. The Kier molecular flexibility index (Phi) is 4.42. The fourth-order valence-corrected chi connectivity index (χ4v) is 3.64. The van der Waals surface area contributed by atoms with Crippen LogP contribution >= 0.6 is 35.1 Å². The van der Waals surface area contributed by atoms with E-state index in [0.29, 0.717) is 23.0 Å². The SMILES string of the molecule is CSc1nsc(SCC2=NNC(=O)c3ccccc3O2)n1. The minimum atomic E-state index is -0.272. The van der Waals surface area contributed by atoms with Crippen LogP contribution in [0.25, 0.3) is 0 Å². The van der Waals surface area contributed by atoms with Gasteiger partial charge in [-0.3, -0.25) is 4.79 Å². The van der Waals surface area contributed by atoms with Gasteiger partial charge in [0.05, 0.1) is 11.3 Å². The van der Waals surface area contributed by atoms with Crippen LogP contribution in [0.15, 0.2) is 38.9 Å². The average Bonchev–Trinajstić information content (AvgIpc) is 2.91. The number of hydrogen-bond acceptors (Lipinski definition) is 8. The van der Waals surface area contributed by atoms with Crippen molar-refractivity contribution in [1.82, 2.24) is 14.8 Å². The second kappa shape index (κ2) is 6.46. The van der Waals surface area contributed by atoms with Crippen LogP contribution in [-0.4, -0.2) is 33.2 Å². The van der Waals surface area contributed by atoms with Gasteiger partial charge in [0.2, 0.25) is 11.1 Å². The van der Waals surface area contributed by atoms with Gasteiger partial charge in [-0.05, 0) is 29.9 Å². The number of hydrazone groups is 1. The molecule has 1 aliphatic rings. The van der Waals surface area contributed by atoms with Crippen LogP contribution in [0.2, 0.25) is 0 Å². The lowest BCUT2D eigenvalue weighted by atomic mass is 10.2. The quantitative estimate of drug-likeness (QED) is 0.863. The maximum atomic E-state index is 11.8. The van der Waals surface area contributed by atoms with Crippen molar-refractivity contribution in [3.8, 4) is 5.75 Å². The molecule has 108 valence electrons. The fraction of sp³-hybridized carbons (Fsp3) is 0.167. The zero-order valence-electron chi connectivity index (χ0n) is 10.9. The summed E-state index contributed by atoms with van der Waals surface area (Å²) in [5, 5.41) is 4.74. The molecule has 0 spiro atoms. The summed E-state index contributed by atoms with van der Waals surface area (Å²) in [5.41, 5.74) is 2.95. The van der Waals surface area contributed by atoms with Gasteiger partial charge in [-0.1, -0.05) is 35.7 Å². The highest BCUT2D eigenvalue weighted by atomic mass is 32.2. The van der Waals surface area contributed by atoms with Gasteiger partial charge in [-0.2, -0.15) is 4.37 Å². The Morgan fingerprint density at radius 3 is 3.05 bits per heavy atom. The monoisotopic (exact) mass is 338 g/mol. The summed E-state index contributed by atoms with van der Waals surface area (Å²) in [6.07, 6.45) is 1.93. The number of fused-ring (bicyclic) bond motifs is 1. The smallest absolute Gasteiger partial charge is 0.275 e. The van der Waals surface area contributed by atoms with E-state index in [0.717, 1.165) is 9.50 Å². The molecule has 0 bridgehead atoms. The van der Waals surface area contributed by atoms with Crippen molar-refractivity contribution < 1.29 is 9.53 Å². The van der Waals surface area contributed by atoms with E-state index < -0.39 is 0 Å². The first-order chi connectivity index (χ1) is 10.3. The van der Waals surface area contributed by atoms with E-state index in [1.807, 2.05) is 12.3 Å². The van der Waals surface area contributed by atoms with Crippen molar-refractivity contribution >= 4 is 46.9 Å². The molecule has 0 saturated carbocycles. The topological polar surface area (TPSA) is 76.5 Å². The molecule has 0 aliphatic carbocycles. The van der Waals surface area contributed by atoms with Crippen molar-refractivity contribution in [2.75, 3.05) is 12.0 Å². The number of carbonyl (C=O) groups is 1. The Balaban J connectivity index is 1.70. The van der Waals surface area contributed by atoms with Gasteiger partial charge in [-0.25, -0.2) is 10.4 Å². The second-order valence-electron chi connectivity index (χ2n) is 3.88. The zero-order chi connectivity index (χ0) is 14.7. The molecule has 2 aromatic rings. The number of carbonyl (C=O) groups excluding carboxylic acids is 1. The third kappa shape index (κ3) is 3.36. The molecule has 0 saturated heterocycles. The first-order valence-electron chi connectivity index (χ1n) is 5.90. The molecule has 9 heteroatoms. The second-order valence-corrected chi connectivity index (χ2v) is 6.63. The van der Waals surface area contributed by atoms with Crippen LogP contribution in [0.1, 0.15) is 10.4 Å². The summed E-state index contributed by atoms with van der Waals surface area (Å²) in [6, 6.07) is 7.05. The fourth-order valence-electron chi connectivity index (χ4n) is 1.59. The first-order valence-corrected chi connectivity index (χ1v) is 8.89. The van der Waals surface area contributed by atoms with E-state index >= 15 is 0 Å². The lowest BCUT2D eigenvalue weighted by molar-refractivity contribution is 0.0955. The van der Waals surface area contributed by atoms with Gasteiger partial charge >= 0.3 is 0 Å². The lowest BCUT2D eigenvalue weighted by Gasteiger charge is -2.06. The van der Waals surface area contributed by atoms with Crippen molar-refractivity contribution in [2.45, 2.75) is 9.50 Å². The Bertz CT molecular complexity index is 701. The summed E-state index contributed by atoms with van der Waals surface area (Å²) in [7, 11) is 0. The molecule has 3 rings (SSSR count). The molecule has 0 atom stereocenters. The van der Waals surface area contributed by atoms with Gasteiger partial charge in [0.15, 0.2) is 4.34 Å². The molecular weight excluding hydrogens is 328 g/mol. The average molecular weight is 338 g/mol. The number of hydrogen-bond donors (Lipinski definition) is 1. The number of nitrogens with zero attached hydrogens (tertiary/aromatic N) is 3. The maximum absolute atomic E-state index is 11.8. The van der Waals surface area contributed by atoms with Crippen LogP contribution in [0.5, 0.6) is 5.75 Å². The highest BCUT2D eigenvalue weighted by Gasteiger charge is 2.18. The van der Waals surface area contributed by atoms with E-state index in [1.165, 1.54) is 35.1 Å². The highest BCUT2D eigenvalue weighted by molar-refractivity contribution is 8.01. The summed E-state index contributed by atoms with van der Waals surface area (Å²) >= 11 is 4.31. The molecule has 2 heterocycles. The van der Waals surface area contributed by atoms with Crippen LogP contribution in [0, 0.1) is 0 Å². The molecule has 1 aromatic heterocycles. The molecule has 6 nitrogen and oxygen atoms in total. The molecule has 1 aromatic carbocycles. The van der Waals surface area contributed by atoms with Crippen LogP contribution in [0.4, 0.5) is 0 Å².